The third-order valence-electron chi connectivity index (χ3n) is 9.63. The number of carbonyl (C=O) groups is 3. The number of aryl methyl sites for hydroxylation is 1. The first-order valence-electron chi connectivity index (χ1n) is 16.2. The fourth-order valence-corrected chi connectivity index (χ4v) is 6.78. The number of carboxylic acids is 1. The number of nitrogens with zero attached hydrogens (tertiary/aromatic N) is 1. The first kappa shape index (κ1) is 31.2. The Bertz CT molecular complexity index is 1790. The lowest BCUT2D eigenvalue weighted by Crippen LogP contribution is -2.61. The summed E-state index contributed by atoms with van der Waals surface area (Å²) >= 11 is 0. The predicted octanol–water partition coefficient (Wildman–Crippen LogP) is 7.66. The van der Waals surface area contributed by atoms with Gasteiger partial charge in [0.15, 0.2) is 0 Å². The summed E-state index contributed by atoms with van der Waals surface area (Å²) in [6.45, 7) is 3.92. The molecule has 240 valence electrons. The van der Waals surface area contributed by atoms with Crippen LogP contribution < -0.4 is 15.4 Å². The van der Waals surface area contributed by atoms with Gasteiger partial charge in [-0.3, -0.25) is 9.59 Å². The lowest BCUT2D eigenvalue weighted by molar-refractivity contribution is -0.131. The third kappa shape index (κ3) is 6.06. The number of aromatic nitrogens is 1. The number of anilines is 1. The number of nitrogens with one attached hydrogen (secondary N) is 2. The second-order valence-electron chi connectivity index (χ2n) is 12.7. The number of carbonyl (C=O) groups excluding carboxylic acids is 2. The molecule has 2 fully saturated rings. The van der Waals surface area contributed by atoms with Crippen molar-refractivity contribution >= 4 is 40.4 Å². The van der Waals surface area contributed by atoms with E-state index in [-0.39, 0.29) is 17.9 Å². The number of aliphatic carboxylic acids is 1. The molecule has 1 atom stereocenters. The highest BCUT2D eigenvalue weighted by Gasteiger charge is 2.45. The van der Waals surface area contributed by atoms with Crippen molar-refractivity contribution in [2.75, 3.05) is 5.32 Å². The Balaban J connectivity index is 1.25. The van der Waals surface area contributed by atoms with Crippen molar-refractivity contribution in [1.82, 2.24) is 9.88 Å². The van der Waals surface area contributed by atoms with Gasteiger partial charge in [-0.15, -0.1) is 0 Å². The Labute approximate surface area is 268 Å². The van der Waals surface area contributed by atoms with Crippen molar-refractivity contribution in [2.45, 2.75) is 82.8 Å². The molecule has 9 heteroatoms. The van der Waals surface area contributed by atoms with E-state index in [1.807, 2.05) is 45.2 Å². The first-order chi connectivity index (χ1) is 22.2. The standard InChI is InChI=1S/C37H41N3O6/c1-4-23(2)46-31-21-28(13-10-24(31)12-15-32(41)42)38-36(44)37(17-7-18-37)39-35(43)26-11-14-29-30(20-26)40(3)34(27-16-19-45-22-27)33(29)25-8-5-6-9-25/h10-16,19-23,25H,4-9,17-18H2,1-3H3,(H,38,44)(H,39,43)(H,41,42)/b15-12+. The molecule has 2 aliphatic carbocycles. The minimum absolute atomic E-state index is 0.105. The van der Waals surface area contributed by atoms with Crippen LogP contribution >= 0.6 is 0 Å². The topological polar surface area (TPSA) is 123 Å². The van der Waals surface area contributed by atoms with Gasteiger partial charge in [-0.2, -0.15) is 0 Å². The number of hydrogen-bond acceptors (Lipinski definition) is 5. The Hall–Kier alpha value is -4.79. The molecule has 0 radical (unpaired) electrons. The smallest absolute Gasteiger partial charge is 0.328 e. The van der Waals surface area contributed by atoms with Crippen LogP contribution in [0.25, 0.3) is 28.2 Å². The lowest BCUT2D eigenvalue weighted by Gasteiger charge is -2.40. The van der Waals surface area contributed by atoms with Gasteiger partial charge in [-0.05, 0) is 93.3 Å². The molecule has 9 nitrogen and oxygen atoms in total. The minimum atomic E-state index is -1.06. The average molecular weight is 624 g/mol. The van der Waals surface area contributed by atoms with Gasteiger partial charge < -0.3 is 29.5 Å². The quantitative estimate of drug-likeness (QED) is 0.147. The summed E-state index contributed by atoms with van der Waals surface area (Å²) in [6, 6.07) is 12.9. The Morgan fingerprint density at radius 1 is 1.11 bits per heavy atom. The number of furan rings is 1. The maximum atomic E-state index is 13.7. The number of amides is 2. The highest BCUT2D eigenvalue weighted by Crippen LogP contribution is 2.45. The molecule has 3 N–H and O–H groups in total. The minimum Gasteiger partial charge on any atom is -0.490 e. The molecular weight excluding hydrogens is 582 g/mol. The second-order valence-corrected chi connectivity index (χ2v) is 12.7. The third-order valence-corrected chi connectivity index (χ3v) is 9.63. The van der Waals surface area contributed by atoms with Gasteiger partial charge in [0.1, 0.15) is 11.3 Å². The molecule has 1 unspecified atom stereocenters. The van der Waals surface area contributed by atoms with Crippen LogP contribution in [-0.4, -0.2) is 39.1 Å². The number of rotatable bonds is 11. The van der Waals surface area contributed by atoms with E-state index in [0.29, 0.717) is 41.3 Å². The summed E-state index contributed by atoms with van der Waals surface area (Å²) in [6.07, 6.45) is 13.3. The molecule has 2 aromatic heterocycles. The van der Waals surface area contributed by atoms with Crippen molar-refractivity contribution in [2.24, 2.45) is 7.05 Å². The molecule has 6 rings (SSSR count). The zero-order valence-electron chi connectivity index (χ0n) is 26.6. The molecule has 0 bridgehead atoms. The molecule has 0 saturated heterocycles. The summed E-state index contributed by atoms with van der Waals surface area (Å²) in [5.41, 5.74) is 5.02. The summed E-state index contributed by atoms with van der Waals surface area (Å²) in [7, 11) is 2.04. The van der Waals surface area contributed by atoms with Gasteiger partial charge >= 0.3 is 5.97 Å². The zero-order valence-corrected chi connectivity index (χ0v) is 26.6. The molecule has 46 heavy (non-hydrogen) atoms. The van der Waals surface area contributed by atoms with E-state index in [4.69, 9.17) is 14.3 Å². The lowest BCUT2D eigenvalue weighted by atomic mass is 9.75. The van der Waals surface area contributed by atoms with Crippen molar-refractivity contribution < 1.29 is 28.6 Å². The summed E-state index contributed by atoms with van der Waals surface area (Å²) in [5.74, 6) is -0.706. The maximum Gasteiger partial charge on any atom is 0.328 e. The van der Waals surface area contributed by atoms with Gasteiger partial charge in [-0.25, -0.2) is 4.79 Å². The molecule has 2 amide bonds. The molecule has 0 spiro atoms. The van der Waals surface area contributed by atoms with Crippen LogP contribution in [0.5, 0.6) is 5.75 Å². The highest BCUT2D eigenvalue weighted by atomic mass is 16.5. The first-order valence-corrected chi connectivity index (χ1v) is 16.2. The van der Waals surface area contributed by atoms with Gasteiger partial charge in [0, 0.05) is 52.5 Å². The molecule has 4 aromatic rings. The SMILES string of the molecule is CCC(C)Oc1cc(NC(=O)C2(NC(=O)c3ccc4c(C5CCCC5)c(-c5ccoc5)n(C)c4c3)CCC2)ccc1/C=C/C(=O)O. The number of carboxylic acid groups (broad SMARTS) is 1. The predicted molar refractivity (Wildman–Crippen MR) is 178 cm³/mol. The highest BCUT2D eigenvalue weighted by molar-refractivity contribution is 6.06. The number of fused-ring (bicyclic) bond motifs is 1. The number of benzene rings is 2. The van der Waals surface area contributed by atoms with Crippen LogP contribution in [0, 0.1) is 0 Å². The van der Waals surface area contributed by atoms with Gasteiger partial charge in [-0.1, -0.05) is 25.8 Å². The second kappa shape index (κ2) is 12.9. The van der Waals surface area contributed by atoms with E-state index < -0.39 is 11.5 Å². The number of hydrogen-bond donors (Lipinski definition) is 3. The van der Waals surface area contributed by atoms with Crippen LogP contribution in [0.3, 0.4) is 0 Å². The van der Waals surface area contributed by atoms with Crippen LogP contribution in [0.2, 0.25) is 0 Å². The van der Waals surface area contributed by atoms with Gasteiger partial charge in [0.05, 0.1) is 24.3 Å². The monoisotopic (exact) mass is 623 g/mol. The van der Waals surface area contributed by atoms with E-state index in [1.165, 1.54) is 24.5 Å². The average Bonchev–Trinajstić information content (AvgIpc) is 3.79. The van der Waals surface area contributed by atoms with Crippen molar-refractivity contribution in [3.8, 4) is 17.0 Å². The van der Waals surface area contributed by atoms with Crippen molar-refractivity contribution in [3.05, 3.63) is 77.8 Å². The van der Waals surface area contributed by atoms with Crippen molar-refractivity contribution in [1.29, 1.82) is 0 Å². The molecule has 2 aliphatic rings. The summed E-state index contributed by atoms with van der Waals surface area (Å²) in [5, 5.41) is 16.3. The Kier molecular flexibility index (Phi) is 8.75. The summed E-state index contributed by atoms with van der Waals surface area (Å²) < 4.78 is 13.6. The fourth-order valence-electron chi connectivity index (χ4n) is 6.78. The summed E-state index contributed by atoms with van der Waals surface area (Å²) in [4.78, 5) is 38.5. The Morgan fingerprint density at radius 3 is 2.54 bits per heavy atom. The van der Waals surface area contributed by atoms with Crippen molar-refractivity contribution in [3.63, 3.8) is 0 Å². The van der Waals surface area contributed by atoms with Gasteiger partial charge in [0.25, 0.3) is 5.91 Å². The largest absolute Gasteiger partial charge is 0.490 e. The van der Waals surface area contributed by atoms with E-state index >= 15 is 0 Å². The molecule has 2 heterocycles. The molecule has 2 aromatic carbocycles. The molecule has 2 saturated carbocycles. The van der Waals surface area contributed by atoms with Crippen LogP contribution in [0.4, 0.5) is 5.69 Å². The Morgan fingerprint density at radius 2 is 1.89 bits per heavy atom. The van der Waals surface area contributed by atoms with Crippen LogP contribution in [-0.2, 0) is 16.6 Å². The normalized spacial score (nSPS) is 16.8. The van der Waals surface area contributed by atoms with Gasteiger partial charge in [0.2, 0.25) is 5.91 Å². The van der Waals surface area contributed by atoms with E-state index in [2.05, 4.69) is 15.2 Å². The van der Waals surface area contributed by atoms with E-state index in [0.717, 1.165) is 53.9 Å². The van der Waals surface area contributed by atoms with E-state index in [9.17, 15) is 14.4 Å². The van der Waals surface area contributed by atoms with Crippen LogP contribution in [0.1, 0.15) is 92.6 Å². The number of ether oxygens (including phenoxy) is 1. The molecule has 0 aliphatic heterocycles. The van der Waals surface area contributed by atoms with Crippen LogP contribution in [0.15, 0.2) is 65.5 Å². The molecular formula is C37H41N3O6. The maximum absolute atomic E-state index is 13.7. The fraction of sp³-hybridized carbons (Fsp3) is 0.378. The van der Waals surface area contributed by atoms with E-state index in [1.54, 1.807) is 30.7 Å². The zero-order chi connectivity index (χ0) is 32.4.